The van der Waals surface area contributed by atoms with Crippen molar-refractivity contribution in [2.45, 2.75) is 75.6 Å². The minimum absolute atomic E-state index is 0.0278. The first-order valence-electron chi connectivity index (χ1n) is 16.2. The lowest BCUT2D eigenvalue weighted by Crippen LogP contribution is -2.62. The standard InChI is InChI=1S/C38H42O5/c1-22-35-31(21-39)32-7-4-14-36(22)20-25-8-10-26-18-27-11-12-33(40)30(29(27)19-28(26)16-25)17-24-6-3-5-23(15-24)9-13-34(41)37(32,36)38(35,42)43-2/h3,5-6,8,10,15-16,18-19,30-33,35,39-40,42H,1,4,7,9,11-14,17,20-21H2,2H3/t30-,31-,32-,33-,35+,36-,37-,38+/m1/s1. The van der Waals surface area contributed by atoms with E-state index in [4.69, 9.17) is 4.74 Å². The number of aryl methyl sites for hydroxylation is 2. The van der Waals surface area contributed by atoms with E-state index in [0.29, 0.717) is 19.3 Å². The Morgan fingerprint density at radius 3 is 2.63 bits per heavy atom. The van der Waals surface area contributed by atoms with Crippen LogP contribution in [0.5, 0.6) is 0 Å². The van der Waals surface area contributed by atoms with Gasteiger partial charge in [-0.25, -0.2) is 0 Å². The van der Waals surface area contributed by atoms with E-state index in [1.165, 1.54) is 29.2 Å². The number of benzene rings is 3. The normalized spacial score (nSPS) is 38.2. The summed E-state index contributed by atoms with van der Waals surface area (Å²) in [5.41, 5.74) is 4.99. The van der Waals surface area contributed by atoms with Gasteiger partial charge >= 0.3 is 0 Å². The second kappa shape index (κ2) is 9.58. The number of carbonyl (C=O) groups is 1. The quantitative estimate of drug-likeness (QED) is 0.278. The summed E-state index contributed by atoms with van der Waals surface area (Å²) in [6.07, 6.45) is 5.94. The number of hydrogen-bond acceptors (Lipinski definition) is 5. The molecule has 3 aromatic rings. The van der Waals surface area contributed by atoms with Crippen molar-refractivity contribution in [2.24, 2.45) is 28.6 Å². The molecule has 0 radical (unpaired) electrons. The van der Waals surface area contributed by atoms with Gasteiger partial charge < -0.3 is 20.1 Å². The third kappa shape index (κ3) is 3.45. The van der Waals surface area contributed by atoms with E-state index in [0.717, 1.165) is 60.6 Å². The Labute approximate surface area is 253 Å². The van der Waals surface area contributed by atoms with Crippen LogP contribution in [-0.2, 0) is 35.2 Å². The molecular weight excluding hydrogens is 536 g/mol. The Hall–Kier alpha value is -2.83. The summed E-state index contributed by atoms with van der Waals surface area (Å²) in [5, 5.41) is 36.8. The van der Waals surface area contributed by atoms with Crippen LogP contribution in [0, 0.1) is 28.6 Å². The zero-order valence-corrected chi connectivity index (χ0v) is 25.0. The number of aliphatic hydroxyl groups is 3. The summed E-state index contributed by atoms with van der Waals surface area (Å²) in [5.74, 6) is -2.55. The molecule has 0 heterocycles. The minimum atomic E-state index is -1.70. The third-order valence-electron chi connectivity index (χ3n) is 12.6. The molecule has 5 nitrogen and oxygen atoms in total. The van der Waals surface area contributed by atoms with Gasteiger partial charge in [0.05, 0.1) is 11.5 Å². The van der Waals surface area contributed by atoms with Gasteiger partial charge in [0.15, 0.2) is 5.79 Å². The highest BCUT2D eigenvalue weighted by atomic mass is 16.6. The highest BCUT2D eigenvalue weighted by Crippen LogP contribution is 2.80. The molecule has 5 heteroatoms. The number of fused-ring (bicyclic) bond motifs is 4. The van der Waals surface area contributed by atoms with Crippen LogP contribution in [0.1, 0.15) is 65.8 Å². The van der Waals surface area contributed by atoms with Crippen LogP contribution < -0.4 is 0 Å². The fourth-order valence-corrected chi connectivity index (χ4v) is 11.1. The Morgan fingerprint density at radius 1 is 0.977 bits per heavy atom. The summed E-state index contributed by atoms with van der Waals surface area (Å²) in [4.78, 5) is 15.0. The zero-order valence-electron chi connectivity index (χ0n) is 25.0. The van der Waals surface area contributed by atoms with Crippen molar-refractivity contribution in [1.82, 2.24) is 0 Å². The first kappa shape index (κ1) is 27.7. The molecule has 0 aromatic heterocycles. The second-order valence-corrected chi connectivity index (χ2v) is 14.2. The molecule has 1 spiro atoms. The van der Waals surface area contributed by atoms with Gasteiger partial charge in [0.1, 0.15) is 5.78 Å². The van der Waals surface area contributed by atoms with E-state index < -0.39 is 28.6 Å². The maximum atomic E-state index is 15.0. The van der Waals surface area contributed by atoms with Gasteiger partial charge in [-0.1, -0.05) is 73.2 Å². The van der Waals surface area contributed by atoms with Crippen LogP contribution in [-0.4, -0.2) is 46.7 Å². The smallest absolute Gasteiger partial charge is 0.185 e. The molecule has 43 heavy (non-hydrogen) atoms. The molecule has 3 fully saturated rings. The first-order valence-corrected chi connectivity index (χ1v) is 16.2. The summed E-state index contributed by atoms with van der Waals surface area (Å²) in [6, 6.07) is 19.7. The number of hydrogen-bond donors (Lipinski definition) is 3. The lowest BCUT2D eigenvalue weighted by molar-refractivity contribution is -0.267. The predicted molar refractivity (Wildman–Crippen MR) is 166 cm³/mol. The van der Waals surface area contributed by atoms with Gasteiger partial charge in [0, 0.05) is 37.4 Å². The molecule has 8 atom stereocenters. The van der Waals surface area contributed by atoms with Crippen LogP contribution in [0.15, 0.2) is 66.7 Å². The molecule has 5 aliphatic rings. The van der Waals surface area contributed by atoms with E-state index in [9.17, 15) is 20.1 Å². The SMILES string of the molecule is C=C1[C@H]2[C@H](CO)[C@H]3CCC[C@@]14Cc1ccc5cc6c(cc5c1)[C@@H](Cc1cccc(c1)CCC(=O)[C@]34[C@@]2(O)OC)[C@H](O)CC6. The summed E-state index contributed by atoms with van der Waals surface area (Å²) < 4.78 is 6.07. The number of carbonyl (C=O) groups excluding carboxylic acids is 1. The molecule has 8 rings (SSSR count). The number of Topliss-reactive ketones (excluding diaryl/α,β-unsaturated/α-hetero) is 1. The minimum Gasteiger partial charge on any atom is -0.396 e. The molecule has 3 aromatic carbocycles. The van der Waals surface area contributed by atoms with E-state index >= 15 is 0 Å². The molecule has 0 unspecified atom stereocenters. The van der Waals surface area contributed by atoms with Crippen molar-refractivity contribution in [3.8, 4) is 0 Å². The lowest BCUT2D eigenvalue weighted by atomic mass is 9.45. The molecule has 5 aliphatic carbocycles. The average molecular weight is 579 g/mol. The fourth-order valence-electron chi connectivity index (χ4n) is 11.1. The van der Waals surface area contributed by atoms with E-state index in [1.807, 2.05) is 0 Å². The van der Waals surface area contributed by atoms with Crippen LogP contribution in [0.4, 0.5) is 0 Å². The van der Waals surface area contributed by atoms with E-state index in [-0.39, 0.29) is 30.1 Å². The van der Waals surface area contributed by atoms with Crippen LogP contribution in [0.25, 0.3) is 10.8 Å². The first-order chi connectivity index (χ1) is 20.8. The molecule has 224 valence electrons. The largest absolute Gasteiger partial charge is 0.396 e. The second-order valence-electron chi connectivity index (χ2n) is 14.2. The number of methoxy groups -OCH3 is 1. The van der Waals surface area contributed by atoms with Crippen molar-refractivity contribution < 1.29 is 24.9 Å². The number of aliphatic hydroxyl groups excluding tert-OH is 2. The molecule has 3 N–H and O–H groups in total. The highest BCUT2D eigenvalue weighted by Gasteiger charge is 2.85. The maximum Gasteiger partial charge on any atom is 0.185 e. The maximum absolute atomic E-state index is 15.0. The predicted octanol–water partition coefficient (Wildman–Crippen LogP) is 5.45. The topological polar surface area (TPSA) is 87.0 Å². The van der Waals surface area contributed by atoms with Gasteiger partial charge in [-0.2, -0.15) is 0 Å². The van der Waals surface area contributed by atoms with Crippen molar-refractivity contribution in [3.05, 3.63) is 94.6 Å². The van der Waals surface area contributed by atoms with E-state index in [1.54, 1.807) is 0 Å². The molecular formula is C38H42O5. The lowest BCUT2D eigenvalue weighted by Gasteiger charge is -2.57. The molecule has 3 saturated carbocycles. The number of ether oxygens (including phenoxy) is 1. The molecule has 0 amide bonds. The van der Waals surface area contributed by atoms with Crippen LogP contribution >= 0.6 is 0 Å². The fraction of sp³-hybridized carbons (Fsp3) is 0.500. The van der Waals surface area contributed by atoms with Crippen LogP contribution in [0.2, 0.25) is 0 Å². The average Bonchev–Trinajstić information content (AvgIpc) is 3.35. The third-order valence-corrected chi connectivity index (χ3v) is 12.6. The number of rotatable bonds is 2. The van der Waals surface area contributed by atoms with Crippen molar-refractivity contribution >= 4 is 16.6 Å². The van der Waals surface area contributed by atoms with Crippen molar-refractivity contribution in [3.63, 3.8) is 0 Å². The number of ketones is 1. The molecule has 0 aliphatic heterocycles. The van der Waals surface area contributed by atoms with Crippen molar-refractivity contribution in [1.29, 1.82) is 0 Å². The molecule has 7 bridgehead atoms. The van der Waals surface area contributed by atoms with Gasteiger partial charge in [0.25, 0.3) is 0 Å². The van der Waals surface area contributed by atoms with Crippen molar-refractivity contribution in [2.75, 3.05) is 13.7 Å². The Kier molecular flexibility index (Phi) is 6.17. The van der Waals surface area contributed by atoms with Gasteiger partial charge in [0.2, 0.25) is 0 Å². The van der Waals surface area contributed by atoms with Gasteiger partial charge in [-0.15, -0.1) is 0 Å². The van der Waals surface area contributed by atoms with Crippen LogP contribution in [0.3, 0.4) is 0 Å². The summed E-state index contributed by atoms with van der Waals surface area (Å²) >= 11 is 0. The van der Waals surface area contributed by atoms with E-state index in [2.05, 4.69) is 61.2 Å². The summed E-state index contributed by atoms with van der Waals surface area (Å²) in [6.45, 7) is 4.53. The highest BCUT2D eigenvalue weighted by molar-refractivity contribution is 5.91. The molecule has 0 saturated heterocycles. The van der Waals surface area contributed by atoms with Gasteiger partial charge in [-0.3, -0.25) is 4.79 Å². The zero-order chi connectivity index (χ0) is 29.7. The Balaban J connectivity index is 1.37. The Bertz CT molecular complexity index is 1660. The van der Waals surface area contributed by atoms with Gasteiger partial charge in [-0.05, 0) is 95.4 Å². The Morgan fingerprint density at radius 2 is 1.81 bits per heavy atom. The summed E-state index contributed by atoms with van der Waals surface area (Å²) in [7, 11) is 1.52. The monoisotopic (exact) mass is 578 g/mol.